The summed E-state index contributed by atoms with van der Waals surface area (Å²) in [5, 5.41) is 0. The van der Waals surface area contributed by atoms with Gasteiger partial charge in [-0.1, -0.05) is 113 Å². The second-order valence-corrected chi connectivity index (χ2v) is 16.6. The summed E-state index contributed by atoms with van der Waals surface area (Å²) in [6, 6.07) is 44.9. The topological polar surface area (TPSA) is 3.24 Å². The van der Waals surface area contributed by atoms with Crippen molar-refractivity contribution in [2.24, 2.45) is 0 Å². The van der Waals surface area contributed by atoms with Crippen LogP contribution in [0.4, 0.5) is 17.1 Å². The summed E-state index contributed by atoms with van der Waals surface area (Å²) >= 11 is 0. The van der Waals surface area contributed by atoms with Crippen LogP contribution < -0.4 is 4.90 Å². The van der Waals surface area contributed by atoms with Crippen molar-refractivity contribution in [1.82, 2.24) is 0 Å². The van der Waals surface area contributed by atoms with Gasteiger partial charge in [0.15, 0.2) is 0 Å². The van der Waals surface area contributed by atoms with E-state index in [0.29, 0.717) is 0 Å². The minimum atomic E-state index is -0.0985. The Kier molecular flexibility index (Phi) is 6.85. The van der Waals surface area contributed by atoms with E-state index in [-0.39, 0.29) is 10.8 Å². The molecule has 4 aliphatic rings. The number of fused-ring (bicyclic) bond motifs is 8. The van der Waals surface area contributed by atoms with Crippen molar-refractivity contribution in [3.8, 4) is 33.4 Å². The third kappa shape index (κ3) is 4.53. The third-order valence-electron chi connectivity index (χ3n) is 13.1. The summed E-state index contributed by atoms with van der Waals surface area (Å²) in [4.78, 5) is 2.68. The first-order chi connectivity index (χ1) is 24.8. The second kappa shape index (κ2) is 11.3. The first-order valence-corrected chi connectivity index (χ1v) is 19.4. The van der Waals surface area contributed by atoms with E-state index in [2.05, 4.69) is 148 Å². The Morgan fingerprint density at radius 3 is 1.67 bits per heavy atom. The predicted molar refractivity (Wildman–Crippen MR) is 215 cm³/mol. The summed E-state index contributed by atoms with van der Waals surface area (Å²) in [6.45, 7) is 9.67. The molecule has 0 saturated carbocycles. The van der Waals surface area contributed by atoms with E-state index < -0.39 is 0 Å². The van der Waals surface area contributed by atoms with Gasteiger partial charge in [0, 0.05) is 27.8 Å². The Labute approximate surface area is 304 Å². The molecule has 0 heterocycles. The number of hydrogen-bond acceptors (Lipinski definition) is 1. The van der Waals surface area contributed by atoms with Crippen LogP contribution in [0.25, 0.3) is 33.4 Å². The lowest BCUT2D eigenvalue weighted by molar-refractivity contribution is 0.660. The molecule has 0 aromatic heterocycles. The molecule has 252 valence electrons. The van der Waals surface area contributed by atoms with Gasteiger partial charge in [-0.2, -0.15) is 0 Å². The molecule has 0 aliphatic heterocycles. The summed E-state index contributed by atoms with van der Waals surface area (Å²) in [7, 11) is 0. The standard InChI is InChI=1S/C50H47N/c1-49(2)43-24-11-9-21-38(43)40-28-27-34(29-45(40)49)51(47-26-14-18-33-16-6-8-20-36(33)47)48-31-46-41(39-22-10-12-25-44(39)50(46,3)4)30-42(48)37-23-13-17-32-15-5-7-19-35(32)37/h9-14,17-18,21-31H,5-8,15-16,19-20H2,1-4H3. The first kappa shape index (κ1) is 30.9. The molecular formula is C50H47N. The van der Waals surface area contributed by atoms with Crippen molar-refractivity contribution in [3.05, 3.63) is 160 Å². The van der Waals surface area contributed by atoms with Crippen LogP contribution in [0.5, 0.6) is 0 Å². The van der Waals surface area contributed by atoms with Gasteiger partial charge in [0.25, 0.3) is 0 Å². The quantitative estimate of drug-likeness (QED) is 0.182. The number of aryl methyl sites for hydroxylation is 2. The van der Waals surface area contributed by atoms with E-state index in [9.17, 15) is 0 Å². The molecular weight excluding hydrogens is 615 g/mol. The van der Waals surface area contributed by atoms with E-state index >= 15 is 0 Å². The van der Waals surface area contributed by atoms with Gasteiger partial charge in [0.2, 0.25) is 0 Å². The summed E-state index contributed by atoms with van der Waals surface area (Å²) in [5.41, 5.74) is 23.9. The highest BCUT2D eigenvalue weighted by molar-refractivity contribution is 5.97. The van der Waals surface area contributed by atoms with Gasteiger partial charge in [-0.05, 0) is 154 Å². The molecule has 0 unspecified atom stereocenters. The summed E-state index contributed by atoms with van der Waals surface area (Å²) in [6.07, 6.45) is 9.67. The van der Waals surface area contributed by atoms with Crippen LogP contribution in [0.1, 0.15) is 97.9 Å². The van der Waals surface area contributed by atoms with E-state index in [1.807, 2.05) is 0 Å². The Morgan fingerprint density at radius 2 is 0.941 bits per heavy atom. The van der Waals surface area contributed by atoms with E-state index in [4.69, 9.17) is 0 Å². The van der Waals surface area contributed by atoms with E-state index in [1.54, 1.807) is 5.56 Å². The zero-order valence-corrected chi connectivity index (χ0v) is 30.6. The van der Waals surface area contributed by atoms with Gasteiger partial charge >= 0.3 is 0 Å². The Bertz CT molecular complexity index is 2390. The van der Waals surface area contributed by atoms with Gasteiger partial charge in [0.1, 0.15) is 0 Å². The zero-order chi connectivity index (χ0) is 34.5. The van der Waals surface area contributed by atoms with E-state index in [0.717, 1.165) is 19.3 Å². The van der Waals surface area contributed by atoms with Crippen LogP contribution in [0, 0.1) is 0 Å². The molecule has 4 aliphatic carbocycles. The molecule has 10 rings (SSSR count). The highest BCUT2D eigenvalue weighted by atomic mass is 15.1. The number of anilines is 3. The molecule has 0 spiro atoms. The van der Waals surface area contributed by atoms with Gasteiger partial charge < -0.3 is 4.90 Å². The van der Waals surface area contributed by atoms with Crippen LogP contribution in [0.15, 0.2) is 115 Å². The maximum atomic E-state index is 2.68. The monoisotopic (exact) mass is 661 g/mol. The van der Waals surface area contributed by atoms with Crippen molar-refractivity contribution in [1.29, 1.82) is 0 Å². The predicted octanol–water partition coefficient (Wildman–Crippen LogP) is 13.2. The van der Waals surface area contributed by atoms with Gasteiger partial charge in [-0.15, -0.1) is 0 Å². The molecule has 1 nitrogen and oxygen atoms in total. The van der Waals surface area contributed by atoms with Gasteiger partial charge in [-0.3, -0.25) is 0 Å². The Morgan fingerprint density at radius 1 is 0.392 bits per heavy atom. The lowest BCUT2D eigenvalue weighted by Crippen LogP contribution is -2.20. The average molecular weight is 662 g/mol. The first-order valence-electron chi connectivity index (χ1n) is 19.4. The van der Waals surface area contributed by atoms with Crippen LogP contribution in [-0.2, 0) is 36.5 Å². The fourth-order valence-electron chi connectivity index (χ4n) is 10.4. The molecule has 0 fully saturated rings. The zero-order valence-electron chi connectivity index (χ0n) is 30.6. The Balaban J connectivity index is 1.29. The fraction of sp³-hybridized carbons (Fsp3) is 0.280. The van der Waals surface area contributed by atoms with Crippen molar-refractivity contribution in [2.75, 3.05) is 4.90 Å². The van der Waals surface area contributed by atoms with Gasteiger partial charge in [-0.25, -0.2) is 0 Å². The molecule has 6 aromatic rings. The Hall–Kier alpha value is -4.88. The molecule has 6 aromatic carbocycles. The van der Waals surface area contributed by atoms with Crippen molar-refractivity contribution in [3.63, 3.8) is 0 Å². The van der Waals surface area contributed by atoms with Crippen LogP contribution in [0.2, 0.25) is 0 Å². The highest BCUT2D eigenvalue weighted by Crippen LogP contribution is 2.56. The fourth-order valence-corrected chi connectivity index (χ4v) is 10.4. The molecule has 51 heavy (non-hydrogen) atoms. The van der Waals surface area contributed by atoms with Crippen LogP contribution in [0.3, 0.4) is 0 Å². The van der Waals surface area contributed by atoms with Crippen molar-refractivity contribution in [2.45, 2.75) is 89.9 Å². The highest BCUT2D eigenvalue weighted by Gasteiger charge is 2.39. The van der Waals surface area contributed by atoms with E-state index in [1.165, 1.54) is 121 Å². The molecule has 0 amide bonds. The second-order valence-electron chi connectivity index (χ2n) is 16.6. The minimum absolute atomic E-state index is 0.0768. The lowest BCUT2D eigenvalue weighted by Gasteiger charge is -2.34. The van der Waals surface area contributed by atoms with Crippen LogP contribution in [-0.4, -0.2) is 0 Å². The minimum Gasteiger partial charge on any atom is -0.310 e. The number of nitrogens with zero attached hydrogens (tertiary/aromatic N) is 1. The summed E-state index contributed by atoms with van der Waals surface area (Å²) < 4.78 is 0. The smallest absolute Gasteiger partial charge is 0.0543 e. The molecule has 0 N–H and O–H groups in total. The molecule has 0 radical (unpaired) electrons. The normalized spacial score (nSPS) is 17.1. The number of hydrogen-bond donors (Lipinski definition) is 0. The van der Waals surface area contributed by atoms with Gasteiger partial charge in [0.05, 0.1) is 5.69 Å². The maximum absolute atomic E-state index is 2.68. The molecule has 0 saturated heterocycles. The van der Waals surface area contributed by atoms with Crippen LogP contribution >= 0.6 is 0 Å². The lowest BCUT2D eigenvalue weighted by atomic mass is 9.80. The van der Waals surface area contributed by atoms with Crippen molar-refractivity contribution < 1.29 is 0 Å². The maximum Gasteiger partial charge on any atom is 0.0543 e. The SMILES string of the molecule is CC1(C)c2ccccc2-c2ccc(N(c3cc4c(cc3-c3cccc5c3CCCC5)-c3ccccc3C4(C)C)c3cccc4c3CCCC4)cc21. The summed E-state index contributed by atoms with van der Waals surface area (Å²) in [5.74, 6) is 0. The average Bonchev–Trinajstić information content (AvgIpc) is 3.53. The molecule has 0 bridgehead atoms. The van der Waals surface area contributed by atoms with Crippen molar-refractivity contribution >= 4 is 17.1 Å². The number of rotatable bonds is 4. The molecule has 0 atom stereocenters. The number of benzene rings is 6. The largest absolute Gasteiger partial charge is 0.310 e. The molecule has 1 heteroatoms. The third-order valence-corrected chi connectivity index (χ3v) is 13.1.